The molecule has 1 heterocycles. The molecule has 0 unspecified atom stereocenters. The largest absolute Gasteiger partial charge is 0.296 e. The summed E-state index contributed by atoms with van der Waals surface area (Å²) in [6.45, 7) is 5.47. The van der Waals surface area contributed by atoms with Crippen molar-refractivity contribution in [1.82, 2.24) is 14.8 Å². The van der Waals surface area contributed by atoms with Crippen LogP contribution in [-0.2, 0) is 14.6 Å². The van der Waals surface area contributed by atoms with Gasteiger partial charge in [0.15, 0.2) is 5.82 Å². The second kappa shape index (κ2) is 5.43. The van der Waals surface area contributed by atoms with Gasteiger partial charge in [0.05, 0.1) is 10.0 Å². The number of halogens is 3. The summed E-state index contributed by atoms with van der Waals surface area (Å²) in [5.74, 6) is 0.347. The zero-order chi connectivity index (χ0) is 16.0. The topological polar surface area (TPSA) is 64.8 Å². The summed E-state index contributed by atoms with van der Waals surface area (Å²) in [5.41, 5.74) is 0.000732. The summed E-state index contributed by atoms with van der Waals surface area (Å²) >= 11 is 11.9. The lowest BCUT2D eigenvalue weighted by Crippen LogP contribution is -2.25. The Morgan fingerprint density at radius 1 is 1.10 bits per heavy atom. The van der Waals surface area contributed by atoms with Crippen molar-refractivity contribution in [2.45, 2.75) is 31.5 Å². The van der Waals surface area contributed by atoms with Crippen LogP contribution in [0.25, 0.3) is 11.4 Å². The Bertz CT molecular complexity index is 795. The van der Waals surface area contributed by atoms with Crippen LogP contribution in [0.1, 0.15) is 20.8 Å². The third-order valence-corrected chi connectivity index (χ3v) is 4.55. The Morgan fingerprint density at radius 2 is 1.71 bits per heavy atom. The van der Waals surface area contributed by atoms with Gasteiger partial charge in [-0.2, -0.15) is 0 Å². The molecule has 0 N–H and O–H groups in total. The van der Waals surface area contributed by atoms with Crippen molar-refractivity contribution in [3.05, 3.63) is 28.2 Å². The van der Waals surface area contributed by atoms with Gasteiger partial charge in [-0.15, -0.1) is 10.2 Å². The van der Waals surface area contributed by atoms with Crippen LogP contribution in [0, 0.1) is 0 Å². The smallest absolute Gasteiger partial charge is 0.291 e. The molecule has 0 atom stereocenters. The van der Waals surface area contributed by atoms with E-state index in [1.807, 2.05) is 20.8 Å². The lowest BCUT2D eigenvalue weighted by molar-refractivity contribution is 0.367. The maximum absolute atomic E-state index is 11.7. The molecule has 0 saturated carbocycles. The number of rotatable bonds is 2. The first-order chi connectivity index (χ1) is 9.51. The lowest BCUT2D eigenvalue weighted by atomic mass is 10.1. The second-order valence-corrected chi connectivity index (χ2v) is 8.65. The third-order valence-electron chi connectivity index (χ3n) is 2.70. The maximum Gasteiger partial charge on any atom is 0.296 e. The van der Waals surface area contributed by atoms with Crippen molar-refractivity contribution in [2.24, 2.45) is 0 Å². The highest BCUT2D eigenvalue weighted by atomic mass is 35.7. The molecule has 1 aromatic carbocycles. The summed E-state index contributed by atoms with van der Waals surface area (Å²) in [7, 11) is 1.41. The van der Waals surface area contributed by atoms with E-state index in [0.29, 0.717) is 21.4 Å². The molecule has 0 amide bonds. The quantitative estimate of drug-likeness (QED) is 0.753. The van der Waals surface area contributed by atoms with E-state index in [4.69, 9.17) is 33.9 Å². The van der Waals surface area contributed by atoms with E-state index in [9.17, 15) is 8.42 Å². The van der Waals surface area contributed by atoms with Crippen LogP contribution < -0.4 is 0 Å². The fraction of sp³-hybridized carbons (Fsp3) is 0.333. The minimum absolute atomic E-state index is 0.308. The van der Waals surface area contributed by atoms with Crippen molar-refractivity contribution in [3.8, 4) is 11.4 Å². The molecule has 5 nitrogen and oxygen atoms in total. The van der Waals surface area contributed by atoms with Gasteiger partial charge >= 0.3 is 0 Å². The zero-order valence-electron chi connectivity index (χ0n) is 11.4. The van der Waals surface area contributed by atoms with E-state index >= 15 is 0 Å². The average molecular weight is 369 g/mol. The van der Waals surface area contributed by atoms with Crippen LogP contribution in [0.4, 0.5) is 0 Å². The zero-order valence-corrected chi connectivity index (χ0v) is 14.5. The molecule has 1 aromatic heterocycles. The van der Waals surface area contributed by atoms with Crippen LogP contribution in [0.3, 0.4) is 0 Å². The number of hydrogen-bond donors (Lipinski definition) is 0. The molecule has 0 fully saturated rings. The molecule has 0 spiro atoms. The molecular weight excluding hydrogens is 357 g/mol. The molecule has 2 rings (SSSR count). The predicted molar refractivity (Wildman–Crippen MR) is 83.5 cm³/mol. The van der Waals surface area contributed by atoms with E-state index < -0.39 is 14.6 Å². The van der Waals surface area contributed by atoms with E-state index in [2.05, 4.69) is 10.2 Å². The summed E-state index contributed by atoms with van der Waals surface area (Å²) in [5, 5.41) is 8.07. The molecule has 0 saturated heterocycles. The first kappa shape index (κ1) is 16.5. The highest BCUT2D eigenvalue weighted by Gasteiger charge is 2.30. The Hall–Kier alpha value is -0.820. The molecule has 0 aliphatic heterocycles. The van der Waals surface area contributed by atoms with Crippen LogP contribution in [0.5, 0.6) is 0 Å². The summed E-state index contributed by atoms with van der Waals surface area (Å²) in [6.07, 6.45) is 0. The van der Waals surface area contributed by atoms with Gasteiger partial charge in [0.2, 0.25) is 0 Å². The highest BCUT2D eigenvalue weighted by Crippen LogP contribution is 2.32. The van der Waals surface area contributed by atoms with Crippen LogP contribution >= 0.6 is 33.9 Å². The summed E-state index contributed by atoms with van der Waals surface area (Å²) in [6, 6.07) is 4.89. The summed E-state index contributed by atoms with van der Waals surface area (Å²) in [4.78, 5) is 0. The van der Waals surface area contributed by atoms with E-state index in [0.717, 1.165) is 0 Å². The maximum atomic E-state index is 11.7. The average Bonchev–Trinajstić information content (AvgIpc) is 2.76. The van der Waals surface area contributed by atoms with Crippen molar-refractivity contribution < 1.29 is 8.42 Å². The molecular formula is C12H12Cl3N3O2S. The van der Waals surface area contributed by atoms with Crippen molar-refractivity contribution in [3.63, 3.8) is 0 Å². The van der Waals surface area contributed by atoms with E-state index in [1.54, 1.807) is 18.2 Å². The van der Waals surface area contributed by atoms with Gasteiger partial charge in [-0.25, -0.2) is 8.42 Å². The predicted octanol–water partition coefficient (Wildman–Crippen LogP) is 3.93. The van der Waals surface area contributed by atoms with E-state index in [1.165, 1.54) is 4.57 Å². The molecule has 114 valence electrons. The monoisotopic (exact) mass is 367 g/mol. The van der Waals surface area contributed by atoms with Crippen LogP contribution in [0.2, 0.25) is 10.0 Å². The number of aromatic nitrogens is 3. The summed E-state index contributed by atoms with van der Waals surface area (Å²) < 4.78 is 24.8. The molecule has 21 heavy (non-hydrogen) atoms. The van der Waals surface area contributed by atoms with Gasteiger partial charge in [0.25, 0.3) is 14.2 Å². The lowest BCUT2D eigenvalue weighted by Gasteiger charge is -2.24. The Balaban J connectivity index is 2.76. The first-order valence-corrected chi connectivity index (χ1v) is 8.94. The number of nitrogens with zero attached hydrogens (tertiary/aromatic N) is 3. The minimum Gasteiger partial charge on any atom is -0.291 e. The van der Waals surface area contributed by atoms with Crippen molar-refractivity contribution >= 4 is 42.9 Å². The van der Waals surface area contributed by atoms with Gasteiger partial charge in [-0.3, -0.25) is 4.57 Å². The SMILES string of the molecule is CC(C)(C)n1c(-c2ccc(Cl)c(Cl)c2)nnc1S(=O)(=O)Cl. The van der Waals surface area contributed by atoms with Crippen molar-refractivity contribution in [1.29, 1.82) is 0 Å². The molecule has 0 bridgehead atoms. The first-order valence-electron chi connectivity index (χ1n) is 5.88. The highest BCUT2D eigenvalue weighted by molar-refractivity contribution is 8.13. The number of benzene rings is 1. The molecule has 0 aliphatic rings. The Labute approximate surface area is 137 Å². The fourth-order valence-electron chi connectivity index (χ4n) is 1.85. The molecule has 0 radical (unpaired) electrons. The van der Waals surface area contributed by atoms with E-state index in [-0.39, 0.29) is 5.16 Å². The number of hydrogen-bond acceptors (Lipinski definition) is 4. The minimum atomic E-state index is -4.02. The normalized spacial score (nSPS) is 12.7. The van der Waals surface area contributed by atoms with Crippen LogP contribution in [-0.4, -0.2) is 23.2 Å². The van der Waals surface area contributed by atoms with Gasteiger partial charge in [-0.05, 0) is 39.0 Å². The Morgan fingerprint density at radius 3 is 2.19 bits per heavy atom. The van der Waals surface area contributed by atoms with Gasteiger partial charge in [0.1, 0.15) is 0 Å². The fourth-order valence-corrected chi connectivity index (χ4v) is 3.17. The van der Waals surface area contributed by atoms with Crippen LogP contribution in [0.15, 0.2) is 23.4 Å². The molecule has 9 heteroatoms. The molecule has 2 aromatic rings. The van der Waals surface area contributed by atoms with Gasteiger partial charge in [0, 0.05) is 21.8 Å². The second-order valence-electron chi connectivity index (χ2n) is 5.38. The van der Waals surface area contributed by atoms with Crippen molar-refractivity contribution in [2.75, 3.05) is 0 Å². The van der Waals surface area contributed by atoms with Gasteiger partial charge < -0.3 is 0 Å². The van der Waals surface area contributed by atoms with Gasteiger partial charge in [-0.1, -0.05) is 23.2 Å². The third kappa shape index (κ3) is 3.34. The Kier molecular flexibility index (Phi) is 4.28. The molecule has 0 aliphatic carbocycles. The standard InChI is InChI=1S/C12H12Cl3N3O2S/c1-12(2,3)18-10(16-17-11(18)21(15,19)20)7-4-5-8(13)9(14)6-7/h4-6H,1-3H3.